The number of rotatable bonds is 3. The van der Waals surface area contributed by atoms with E-state index in [1.54, 1.807) is 12.4 Å². The number of carbonyl (C=O) groups excluding carboxylic acids is 1. The summed E-state index contributed by atoms with van der Waals surface area (Å²) in [6.07, 6.45) is 1.57. The molecule has 0 spiro atoms. The lowest BCUT2D eigenvalue weighted by molar-refractivity contribution is 0.102. The zero-order chi connectivity index (χ0) is 16.4. The summed E-state index contributed by atoms with van der Waals surface area (Å²) in [6, 6.07) is 7.54. The molecule has 6 nitrogen and oxygen atoms in total. The third kappa shape index (κ3) is 2.95. The van der Waals surface area contributed by atoms with Crippen molar-refractivity contribution in [3.05, 3.63) is 46.9 Å². The molecule has 1 aliphatic heterocycles. The topological polar surface area (TPSA) is 67.4 Å². The smallest absolute Gasteiger partial charge is 0.256 e. The van der Waals surface area contributed by atoms with Crippen molar-refractivity contribution in [2.24, 2.45) is 0 Å². The second kappa shape index (κ2) is 6.54. The van der Waals surface area contributed by atoms with Crippen LogP contribution in [-0.4, -0.2) is 42.2 Å². The number of morpholine rings is 1. The Bertz CT molecular complexity index is 860. The third-order valence-electron chi connectivity index (χ3n) is 3.97. The van der Waals surface area contributed by atoms with Crippen LogP contribution in [0.15, 0.2) is 41.4 Å². The van der Waals surface area contributed by atoms with Gasteiger partial charge < -0.3 is 15.0 Å². The molecular weight excluding hydrogens is 324 g/mol. The molecule has 4 rings (SSSR count). The summed E-state index contributed by atoms with van der Waals surface area (Å²) in [7, 11) is 0. The van der Waals surface area contributed by atoms with Gasteiger partial charge in [-0.15, -0.1) is 0 Å². The van der Waals surface area contributed by atoms with Gasteiger partial charge in [0.1, 0.15) is 12.1 Å². The quantitative estimate of drug-likeness (QED) is 0.794. The van der Waals surface area contributed by atoms with Crippen LogP contribution in [0.2, 0.25) is 0 Å². The van der Waals surface area contributed by atoms with E-state index in [1.165, 1.54) is 11.3 Å². The zero-order valence-electron chi connectivity index (χ0n) is 12.9. The molecule has 0 saturated carbocycles. The number of fused-ring (bicyclic) bond motifs is 1. The van der Waals surface area contributed by atoms with Crippen LogP contribution in [0.5, 0.6) is 0 Å². The number of carbonyl (C=O) groups is 1. The van der Waals surface area contributed by atoms with Crippen LogP contribution in [-0.2, 0) is 4.74 Å². The van der Waals surface area contributed by atoms with Crippen LogP contribution in [0.1, 0.15) is 10.4 Å². The van der Waals surface area contributed by atoms with Gasteiger partial charge in [-0.1, -0.05) is 0 Å². The lowest BCUT2D eigenvalue weighted by Gasteiger charge is -2.28. The predicted molar refractivity (Wildman–Crippen MR) is 94.8 cm³/mol. The third-order valence-corrected chi connectivity index (χ3v) is 4.65. The number of benzene rings is 1. The molecule has 1 N–H and O–H groups in total. The number of amides is 1. The number of ether oxygens (including phenoxy) is 1. The number of hydrogen-bond donors (Lipinski definition) is 1. The van der Waals surface area contributed by atoms with E-state index in [-0.39, 0.29) is 5.91 Å². The maximum absolute atomic E-state index is 12.2. The Labute approximate surface area is 143 Å². The highest BCUT2D eigenvalue weighted by Crippen LogP contribution is 2.26. The number of anilines is 2. The number of aromatic nitrogens is 2. The molecule has 24 heavy (non-hydrogen) atoms. The Morgan fingerprint density at radius 2 is 2.08 bits per heavy atom. The fourth-order valence-electron chi connectivity index (χ4n) is 2.74. The monoisotopic (exact) mass is 340 g/mol. The molecule has 0 radical (unpaired) electrons. The average Bonchev–Trinajstić information content (AvgIpc) is 3.16. The molecule has 7 heteroatoms. The molecule has 0 aliphatic carbocycles. The van der Waals surface area contributed by atoms with E-state index in [2.05, 4.69) is 20.2 Å². The van der Waals surface area contributed by atoms with Crippen molar-refractivity contribution >= 4 is 39.7 Å². The Morgan fingerprint density at radius 1 is 1.21 bits per heavy atom. The van der Waals surface area contributed by atoms with E-state index in [4.69, 9.17) is 4.74 Å². The summed E-state index contributed by atoms with van der Waals surface area (Å²) >= 11 is 1.50. The lowest BCUT2D eigenvalue weighted by Crippen LogP contribution is -2.36. The van der Waals surface area contributed by atoms with Crippen molar-refractivity contribution in [2.45, 2.75) is 0 Å². The summed E-state index contributed by atoms with van der Waals surface area (Å²) in [5.41, 5.74) is 2.21. The first kappa shape index (κ1) is 15.0. The van der Waals surface area contributed by atoms with E-state index < -0.39 is 0 Å². The molecule has 3 heterocycles. The molecule has 0 atom stereocenters. The van der Waals surface area contributed by atoms with Gasteiger partial charge >= 0.3 is 0 Å². The van der Waals surface area contributed by atoms with Gasteiger partial charge in [0.05, 0.1) is 24.3 Å². The van der Waals surface area contributed by atoms with Crippen molar-refractivity contribution in [3.63, 3.8) is 0 Å². The zero-order valence-corrected chi connectivity index (χ0v) is 13.8. The number of hydrogen-bond acceptors (Lipinski definition) is 6. The molecule has 1 amide bonds. The van der Waals surface area contributed by atoms with Gasteiger partial charge in [-0.3, -0.25) is 4.79 Å². The molecular formula is C17H16N4O2S. The van der Waals surface area contributed by atoms with Crippen LogP contribution >= 0.6 is 11.3 Å². The highest BCUT2D eigenvalue weighted by Gasteiger charge is 2.16. The van der Waals surface area contributed by atoms with E-state index in [0.717, 1.165) is 35.5 Å². The van der Waals surface area contributed by atoms with Gasteiger partial charge in [-0.25, -0.2) is 9.97 Å². The van der Waals surface area contributed by atoms with E-state index in [9.17, 15) is 4.79 Å². The first-order valence-corrected chi connectivity index (χ1v) is 8.66. The highest BCUT2D eigenvalue weighted by molar-refractivity contribution is 7.08. The van der Waals surface area contributed by atoms with Crippen molar-refractivity contribution in [3.8, 4) is 0 Å². The first-order chi connectivity index (χ1) is 11.8. The number of nitrogens with zero attached hydrogens (tertiary/aromatic N) is 3. The van der Waals surface area contributed by atoms with Gasteiger partial charge in [0.2, 0.25) is 0 Å². The largest absolute Gasteiger partial charge is 0.378 e. The minimum atomic E-state index is -0.113. The van der Waals surface area contributed by atoms with E-state index in [1.807, 2.05) is 29.0 Å². The Morgan fingerprint density at radius 3 is 2.88 bits per heavy atom. The van der Waals surface area contributed by atoms with Crippen molar-refractivity contribution in [1.82, 2.24) is 9.97 Å². The fraction of sp³-hybridized carbons (Fsp3) is 0.235. The number of thiophene rings is 1. The summed E-state index contributed by atoms with van der Waals surface area (Å²) < 4.78 is 5.40. The second-order valence-electron chi connectivity index (χ2n) is 5.49. The van der Waals surface area contributed by atoms with Crippen molar-refractivity contribution in [1.29, 1.82) is 0 Å². The van der Waals surface area contributed by atoms with Crippen molar-refractivity contribution < 1.29 is 9.53 Å². The van der Waals surface area contributed by atoms with Gasteiger partial charge in [0.15, 0.2) is 0 Å². The summed E-state index contributed by atoms with van der Waals surface area (Å²) in [6.45, 7) is 3.06. The number of nitrogens with one attached hydrogen (secondary N) is 1. The van der Waals surface area contributed by atoms with Crippen LogP contribution < -0.4 is 10.2 Å². The Kier molecular flexibility index (Phi) is 4.10. The Hall–Kier alpha value is -2.51. The molecule has 2 aromatic heterocycles. The molecule has 1 aromatic carbocycles. The summed E-state index contributed by atoms with van der Waals surface area (Å²) in [5, 5.41) is 7.60. The molecule has 0 unspecified atom stereocenters. The summed E-state index contributed by atoms with van der Waals surface area (Å²) in [4.78, 5) is 23.2. The van der Waals surface area contributed by atoms with Crippen LogP contribution in [0.25, 0.3) is 10.9 Å². The van der Waals surface area contributed by atoms with Gasteiger partial charge in [0, 0.05) is 29.5 Å². The summed E-state index contributed by atoms with van der Waals surface area (Å²) in [5.74, 6) is 0.803. The van der Waals surface area contributed by atoms with Crippen LogP contribution in [0.4, 0.5) is 11.5 Å². The first-order valence-electron chi connectivity index (χ1n) is 7.72. The maximum atomic E-state index is 12.2. The van der Waals surface area contributed by atoms with Gasteiger partial charge in [0.25, 0.3) is 5.91 Å². The molecule has 1 aliphatic rings. The minimum Gasteiger partial charge on any atom is -0.378 e. The lowest BCUT2D eigenvalue weighted by atomic mass is 10.2. The van der Waals surface area contributed by atoms with E-state index >= 15 is 0 Å². The molecule has 1 saturated heterocycles. The van der Waals surface area contributed by atoms with Gasteiger partial charge in [-0.05, 0) is 29.6 Å². The van der Waals surface area contributed by atoms with E-state index in [0.29, 0.717) is 18.8 Å². The molecule has 122 valence electrons. The maximum Gasteiger partial charge on any atom is 0.256 e. The SMILES string of the molecule is O=C(Nc1ccc2c(N3CCOCC3)ncnc2c1)c1ccsc1. The Balaban J connectivity index is 1.63. The highest BCUT2D eigenvalue weighted by atomic mass is 32.1. The molecule has 0 bridgehead atoms. The molecule has 3 aromatic rings. The molecule has 1 fully saturated rings. The normalized spacial score (nSPS) is 14.8. The van der Waals surface area contributed by atoms with Crippen LogP contribution in [0, 0.1) is 0 Å². The average molecular weight is 340 g/mol. The predicted octanol–water partition coefficient (Wildman–Crippen LogP) is 2.78. The van der Waals surface area contributed by atoms with Crippen molar-refractivity contribution in [2.75, 3.05) is 36.5 Å². The van der Waals surface area contributed by atoms with Crippen LogP contribution in [0.3, 0.4) is 0 Å². The second-order valence-corrected chi connectivity index (χ2v) is 6.27. The standard InChI is InChI=1S/C17H16N4O2S/c22-17(12-3-8-24-10-12)20-13-1-2-14-15(9-13)18-11-19-16(14)21-4-6-23-7-5-21/h1-3,8-11H,4-7H2,(H,20,22). The minimum absolute atomic E-state index is 0.113. The fourth-order valence-corrected chi connectivity index (χ4v) is 3.38. The van der Waals surface area contributed by atoms with Gasteiger partial charge in [-0.2, -0.15) is 11.3 Å².